The smallest absolute Gasteiger partial charge is 0.326 e. The second-order valence-corrected chi connectivity index (χ2v) is 28.1. The Morgan fingerprint density at radius 1 is 0.382 bits per heavy atom. The molecule has 0 aromatic heterocycles. The van der Waals surface area contributed by atoms with Crippen LogP contribution in [0.5, 0.6) is 0 Å². The Balaban J connectivity index is 3.15. The van der Waals surface area contributed by atoms with Gasteiger partial charge >= 0.3 is 11.9 Å². The van der Waals surface area contributed by atoms with Gasteiger partial charge in [0.2, 0.25) is 94.5 Å². The molecule has 0 unspecified atom stereocenters. The zero-order valence-electron chi connectivity index (χ0n) is 65.0. The molecule has 17 atom stereocenters. The molecule has 0 aliphatic rings. The lowest BCUT2D eigenvalue weighted by molar-refractivity contribution is -0.144. The second kappa shape index (κ2) is 49.6. The van der Waals surface area contributed by atoms with Crippen LogP contribution in [0.25, 0.3) is 0 Å². The zero-order chi connectivity index (χ0) is 84.0. The number of carbonyl (C=O) groups excluding carboxylic acids is 16. The molecule has 39 heteroatoms. The Kier molecular flexibility index (Phi) is 44.0. The Labute approximate surface area is 639 Å². The summed E-state index contributed by atoms with van der Waals surface area (Å²) in [5, 5.41) is 76.5. The third-order valence-electron chi connectivity index (χ3n) is 17.8. The first-order valence-corrected chi connectivity index (χ1v) is 36.7. The third kappa shape index (κ3) is 35.7. The van der Waals surface area contributed by atoms with E-state index >= 15 is 0 Å². The maximum absolute atomic E-state index is 14.2. The number of aliphatic hydroxyl groups excluding tert-OH is 2. The molecule has 0 bridgehead atoms. The van der Waals surface area contributed by atoms with Crippen molar-refractivity contribution in [2.24, 2.45) is 41.1 Å². The van der Waals surface area contributed by atoms with Crippen LogP contribution in [-0.2, 0) is 92.7 Å². The summed E-state index contributed by atoms with van der Waals surface area (Å²) in [4.78, 5) is 238. The predicted octanol–water partition coefficient (Wildman–Crippen LogP) is -5.40. The van der Waals surface area contributed by atoms with Crippen molar-refractivity contribution in [3.63, 3.8) is 0 Å². The molecule has 0 aliphatic heterocycles. The van der Waals surface area contributed by atoms with Gasteiger partial charge in [0, 0.05) is 19.3 Å². The molecule has 0 spiro atoms. The van der Waals surface area contributed by atoms with Crippen molar-refractivity contribution < 1.29 is 107 Å². The first kappa shape index (κ1) is 97.6. The Bertz CT molecular complexity index is 3330. The van der Waals surface area contributed by atoms with E-state index in [1.807, 2.05) is 0 Å². The van der Waals surface area contributed by atoms with E-state index in [1.54, 1.807) is 99.6 Å². The molecule has 39 nitrogen and oxygen atoms in total. The fourth-order valence-corrected chi connectivity index (χ4v) is 10.6. The van der Waals surface area contributed by atoms with Crippen molar-refractivity contribution in [1.29, 1.82) is 0 Å². The van der Waals surface area contributed by atoms with Crippen molar-refractivity contribution in [2.75, 3.05) is 26.2 Å². The van der Waals surface area contributed by atoms with Gasteiger partial charge in [-0.15, -0.1) is 0 Å². The number of carboxylic acid groups (broad SMARTS) is 2. The van der Waals surface area contributed by atoms with Crippen molar-refractivity contribution >= 4 is 106 Å². The van der Waals surface area contributed by atoms with Crippen LogP contribution in [0.2, 0.25) is 0 Å². The lowest BCUT2D eigenvalue weighted by Gasteiger charge is -2.30. The first-order valence-electron chi connectivity index (χ1n) is 36.7. The minimum absolute atomic E-state index is 0.0437. The highest BCUT2D eigenvalue weighted by Gasteiger charge is 2.38. The van der Waals surface area contributed by atoms with Crippen molar-refractivity contribution in [3.8, 4) is 0 Å². The number of aliphatic hydroxyl groups is 2. The van der Waals surface area contributed by atoms with Crippen LogP contribution >= 0.6 is 0 Å². The summed E-state index contributed by atoms with van der Waals surface area (Å²) in [7, 11) is 0. The summed E-state index contributed by atoms with van der Waals surface area (Å²) in [6, 6.07) is -10.3. The van der Waals surface area contributed by atoms with Crippen LogP contribution in [0.4, 0.5) is 0 Å². The number of carbonyl (C=O) groups is 18. The summed E-state index contributed by atoms with van der Waals surface area (Å²) in [6.07, 6.45) is -2.53. The average Bonchev–Trinajstić information content (AvgIpc) is 0.854. The summed E-state index contributed by atoms with van der Waals surface area (Å²) in [6.45, 7) is 18.6. The van der Waals surface area contributed by atoms with E-state index in [9.17, 15) is 107 Å². The molecule has 1 aromatic rings. The molecule has 0 aliphatic carbocycles. The van der Waals surface area contributed by atoms with Crippen LogP contribution in [-0.4, -0.2) is 238 Å². The molecule has 618 valence electrons. The van der Waals surface area contributed by atoms with Crippen molar-refractivity contribution in [3.05, 3.63) is 35.9 Å². The molecule has 0 saturated heterocycles. The third-order valence-corrected chi connectivity index (χ3v) is 17.8. The van der Waals surface area contributed by atoms with E-state index < -0.39 is 248 Å². The summed E-state index contributed by atoms with van der Waals surface area (Å²) in [5.41, 5.74) is 11.1. The normalized spacial score (nSPS) is 15.8. The van der Waals surface area contributed by atoms with E-state index in [0.29, 0.717) is 12.0 Å². The second-order valence-electron chi connectivity index (χ2n) is 28.1. The number of benzene rings is 1. The molecule has 1 rings (SSSR count). The van der Waals surface area contributed by atoms with Gasteiger partial charge in [-0.3, -0.25) is 81.5 Å². The van der Waals surface area contributed by atoms with Gasteiger partial charge in [0.15, 0.2) is 0 Å². The quantitative estimate of drug-likeness (QED) is 0.0289. The maximum atomic E-state index is 14.2. The molecule has 16 amide bonds. The number of amides is 16. The minimum atomic E-state index is -1.72. The molecular formula is C71H117N17O22. The molecular weight excluding hydrogens is 1440 g/mol. The number of hydrogen-bond acceptors (Lipinski definition) is 21. The molecule has 0 heterocycles. The summed E-state index contributed by atoms with van der Waals surface area (Å²) < 4.78 is 0. The van der Waals surface area contributed by atoms with Gasteiger partial charge in [-0.25, -0.2) is 4.79 Å². The van der Waals surface area contributed by atoms with Gasteiger partial charge in [-0.05, 0) is 88.5 Å². The lowest BCUT2D eigenvalue weighted by Crippen LogP contribution is -2.61. The number of carboxylic acids is 2. The van der Waals surface area contributed by atoms with E-state index in [4.69, 9.17) is 11.5 Å². The molecule has 0 saturated carbocycles. The van der Waals surface area contributed by atoms with E-state index in [-0.39, 0.29) is 56.8 Å². The topological polar surface area (TPSA) is 621 Å². The van der Waals surface area contributed by atoms with Gasteiger partial charge in [0.05, 0.1) is 32.3 Å². The number of hydrogen-bond donors (Lipinski definition) is 21. The minimum Gasteiger partial charge on any atom is -0.481 e. The van der Waals surface area contributed by atoms with Crippen molar-refractivity contribution in [1.82, 2.24) is 79.8 Å². The van der Waals surface area contributed by atoms with Gasteiger partial charge in [0.1, 0.15) is 78.5 Å². The monoisotopic (exact) mass is 1560 g/mol. The number of nitrogens with two attached hydrogens (primary N) is 2. The highest BCUT2D eigenvalue weighted by atomic mass is 16.4. The molecule has 0 fully saturated rings. The molecule has 1 aromatic carbocycles. The lowest BCUT2D eigenvalue weighted by atomic mass is 9.96. The molecule has 23 N–H and O–H groups in total. The SMILES string of the molecule is CC[C@H](C)[C@H](NC(=O)[C@H](Cc1ccccc1)NC(=O)[C@@H](NC(=O)CNC(=O)[C@H](C)NC(=O)[C@H](CC(C)C)NC(=O)[C@H](CO)NC(=O)CNC(=O)[C@@H](NC(=O)[C@H](C)NC(=O)[C@@H](NC(=O)[C@H](CC(C)C)NC(=O)[C@H](CCC(=O)O)NC(=O)[C@H](C)NC(=O)[C@H](CCC(N)=O)NC(=O)CN)[C@@H](C)CC)[C@@H](C)CC)[C@@H](C)O)C(=O)O. The highest BCUT2D eigenvalue weighted by Crippen LogP contribution is 2.16. The Hall–Kier alpha value is -10.4. The summed E-state index contributed by atoms with van der Waals surface area (Å²) >= 11 is 0. The molecule has 110 heavy (non-hydrogen) atoms. The maximum Gasteiger partial charge on any atom is 0.326 e. The number of primary amides is 1. The number of aliphatic carboxylic acids is 2. The van der Waals surface area contributed by atoms with Gasteiger partial charge in [0.25, 0.3) is 0 Å². The largest absolute Gasteiger partial charge is 0.481 e. The van der Waals surface area contributed by atoms with Crippen molar-refractivity contribution in [2.45, 2.75) is 246 Å². The first-order chi connectivity index (χ1) is 51.4. The van der Waals surface area contributed by atoms with E-state index in [1.165, 1.54) is 27.7 Å². The number of rotatable bonds is 51. The Morgan fingerprint density at radius 3 is 1.22 bits per heavy atom. The fourth-order valence-electron chi connectivity index (χ4n) is 10.6. The standard InChI is InChI=1S/C71H117N17O22/c1-15-36(8)55(86-61(99)41(13)78-69(107)56(37(9)16-2)87-65(103)47(28-35(6)7)82-63(101)45(24-26-54(95)96)81-60(98)40(12)77-62(100)44(23-25-50(73)91)79-51(92)30-72)68(106)75-31-52(93)80-49(33-89)67(105)83-46(27-34(4)5)64(102)76-39(11)59(97)74-32-53(94)85-58(42(14)90)70(108)84-48(29-43-21-19-18-20-22-43)66(104)88-57(71(109)110)38(10)17-3/h18-22,34-42,44-49,55-58,89-90H,15-17,23-33,72H2,1-14H3,(H2,73,91)(H,74,97)(H,75,106)(H,76,102)(H,77,100)(H,78,107)(H,79,92)(H,80,93)(H,81,98)(H,82,101)(H,83,105)(H,84,108)(H,85,94)(H,86,99)(H,87,103)(H,88,104)(H,95,96)(H,109,110)/t36-,37-,38-,39-,40-,41-,42+,44-,45-,46-,47-,48-,49-,55-,56-,57-,58-/m0/s1. The van der Waals surface area contributed by atoms with E-state index in [2.05, 4.69) is 79.8 Å². The van der Waals surface area contributed by atoms with Crippen LogP contribution in [0, 0.1) is 29.6 Å². The summed E-state index contributed by atoms with van der Waals surface area (Å²) in [5.74, 6) is -19.8. The Morgan fingerprint density at radius 2 is 0.745 bits per heavy atom. The van der Waals surface area contributed by atoms with Crippen LogP contribution in [0.1, 0.15) is 160 Å². The van der Waals surface area contributed by atoms with Crippen LogP contribution in [0.15, 0.2) is 30.3 Å². The van der Waals surface area contributed by atoms with E-state index in [0.717, 1.165) is 0 Å². The fraction of sp³-hybridized carbons (Fsp3) is 0.662. The average molecular weight is 1560 g/mol. The molecule has 0 radical (unpaired) electrons. The van der Waals surface area contributed by atoms with Gasteiger partial charge in [-0.1, -0.05) is 119 Å². The van der Waals surface area contributed by atoms with Crippen LogP contribution < -0.4 is 91.2 Å². The van der Waals surface area contributed by atoms with Gasteiger partial charge in [-0.2, -0.15) is 0 Å². The highest BCUT2D eigenvalue weighted by molar-refractivity contribution is 6.00. The van der Waals surface area contributed by atoms with Crippen LogP contribution in [0.3, 0.4) is 0 Å². The van der Waals surface area contributed by atoms with Gasteiger partial charge < -0.3 is 112 Å². The zero-order valence-corrected chi connectivity index (χ0v) is 65.0. The predicted molar refractivity (Wildman–Crippen MR) is 396 cm³/mol. The number of nitrogens with one attached hydrogen (secondary N) is 15.